The molecule has 0 atom stereocenters. The summed E-state index contributed by atoms with van der Waals surface area (Å²) in [5.41, 5.74) is 4.74. The molecule has 0 aliphatic carbocycles. The summed E-state index contributed by atoms with van der Waals surface area (Å²) in [7, 11) is 0. The fourth-order valence-corrected chi connectivity index (χ4v) is 2.71. The average Bonchev–Trinajstić information content (AvgIpc) is 3.25. The van der Waals surface area contributed by atoms with Crippen molar-refractivity contribution >= 4 is 22.1 Å². The molecule has 0 aliphatic heterocycles. The smallest absolute Gasteiger partial charge is 0.160 e. The van der Waals surface area contributed by atoms with E-state index in [9.17, 15) is 0 Å². The zero-order valence-electron chi connectivity index (χ0n) is 12.4. The first-order valence-corrected chi connectivity index (χ1v) is 7.45. The van der Waals surface area contributed by atoms with Crippen molar-refractivity contribution in [3.8, 4) is 22.9 Å². The van der Waals surface area contributed by atoms with Crippen molar-refractivity contribution in [1.29, 1.82) is 0 Å². The van der Waals surface area contributed by atoms with Gasteiger partial charge in [0.15, 0.2) is 11.5 Å². The SMILES string of the molecule is c1ccc(-c2cc3c(-c4nc5cccnc5[nH]4)n[nH]c3cn2)nc1. The maximum absolute atomic E-state index is 4.57. The molecule has 0 saturated heterocycles. The molecule has 0 radical (unpaired) electrons. The lowest BCUT2D eigenvalue weighted by atomic mass is 10.1. The van der Waals surface area contributed by atoms with Gasteiger partial charge in [-0.15, -0.1) is 0 Å². The van der Waals surface area contributed by atoms with Crippen LogP contribution in [0.2, 0.25) is 0 Å². The number of aromatic amines is 2. The zero-order chi connectivity index (χ0) is 15.9. The van der Waals surface area contributed by atoms with Gasteiger partial charge in [0.1, 0.15) is 11.2 Å². The van der Waals surface area contributed by atoms with E-state index in [0.29, 0.717) is 5.82 Å². The van der Waals surface area contributed by atoms with E-state index >= 15 is 0 Å². The molecule has 0 bridgehead atoms. The van der Waals surface area contributed by atoms with Crippen LogP contribution in [-0.2, 0) is 0 Å². The molecular weight excluding hydrogens is 302 g/mol. The third kappa shape index (κ3) is 1.95. The average molecular weight is 313 g/mol. The van der Waals surface area contributed by atoms with Crippen LogP contribution < -0.4 is 0 Å². The van der Waals surface area contributed by atoms with Gasteiger partial charge in [0.05, 0.1) is 23.1 Å². The monoisotopic (exact) mass is 313 g/mol. The lowest BCUT2D eigenvalue weighted by Gasteiger charge is -1.99. The Kier molecular flexibility index (Phi) is 2.66. The van der Waals surface area contributed by atoms with Gasteiger partial charge < -0.3 is 4.98 Å². The van der Waals surface area contributed by atoms with Crippen LogP contribution >= 0.6 is 0 Å². The molecule has 5 aromatic heterocycles. The fraction of sp³-hybridized carbons (Fsp3) is 0. The predicted molar refractivity (Wildman–Crippen MR) is 90.0 cm³/mol. The van der Waals surface area contributed by atoms with Crippen molar-refractivity contribution in [3.63, 3.8) is 0 Å². The van der Waals surface area contributed by atoms with Gasteiger partial charge in [-0.1, -0.05) is 6.07 Å². The molecule has 0 amide bonds. The molecule has 5 rings (SSSR count). The molecule has 0 fully saturated rings. The van der Waals surface area contributed by atoms with Crippen LogP contribution in [0.3, 0.4) is 0 Å². The Labute approximate surface area is 135 Å². The molecule has 7 heteroatoms. The van der Waals surface area contributed by atoms with E-state index < -0.39 is 0 Å². The highest BCUT2D eigenvalue weighted by Gasteiger charge is 2.14. The Morgan fingerprint density at radius 3 is 2.71 bits per heavy atom. The minimum Gasteiger partial charge on any atom is -0.321 e. The number of hydrogen-bond donors (Lipinski definition) is 2. The Bertz CT molecular complexity index is 1120. The third-order valence-electron chi connectivity index (χ3n) is 3.85. The Balaban J connectivity index is 1.71. The molecule has 0 unspecified atom stereocenters. The number of rotatable bonds is 2. The molecule has 0 saturated carbocycles. The van der Waals surface area contributed by atoms with Gasteiger partial charge in [0, 0.05) is 17.8 Å². The summed E-state index contributed by atoms with van der Waals surface area (Å²) in [6, 6.07) is 11.5. The van der Waals surface area contributed by atoms with E-state index in [-0.39, 0.29) is 0 Å². The molecule has 24 heavy (non-hydrogen) atoms. The van der Waals surface area contributed by atoms with Crippen molar-refractivity contribution in [2.45, 2.75) is 0 Å². The molecular formula is C17H11N7. The molecule has 114 valence electrons. The fourth-order valence-electron chi connectivity index (χ4n) is 2.71. The predicted octanol–water partition coefficient (Wildman–Crippen LogP) is 2.96. The van der Waals surface area contributed by atoms with Crippen LogP contribution in [0.5, 0.6) is 0 Å². The minimum absolute atomic E-state index is 0.674. The second-order valence-electron chi connectivity index (χ2n) is 5.36. The number of aromatic nitrogens is 7. The standard InChI is InChI=1S/C17H11N7/c1-2-6-18-11(4-1)13-8-10-14(9-20-13)23-24-15(10)17-21-12-5-3-7-19-16(12)22-17/h1-9H,(H,23,24)(H,19,21,22). The van der Waals surface area contributed by atoms with Gasteiger partial charge in [-0.05, 0) is 30.3 Å². The van der Waals surface area contributed by atoms with Gasteiger partial charge in [-0.3, -0.25) is 15.1 Å². The zero-order valence-corrected chi connectivity index (χ0v) is 12.4. The first kappa shape index (κ1) is 12.9. The van der Waals surface area contributed by atoms with Crippen molar-refractivity contribution < 1.29 is 0 Å². The number of imidazole rings is 1. The second kappa shape index (κ2) is 4.95. The second-order valence-corrected chi connectivity index (χ2v) is 5.36. The van der Waals surface area contributed by atoms with Gasteiger partial charge in [-0.2, -0.15) is 5.10 Å². The van der Waals surface area contributed by atoms with Gasteiger partial charge in [-0.25, -0.2) is 9.97 Å². The summed E-state index contributed by atoms with van der Waals surface area (Å²) in [5.74, 6) is 0.674. The van der Waals surface area contributed by atoms with E-state index in [1.54, 1.807) is 18.6 Å². The number of nitrogens with one attached hydrogen (secondary N) is 2. The number of nitrogens with zero attached hydrogens (tertiary/aromatic N) is 5. The van der Waals surface area contributed by atoms with Crippen LogP contribution in [0.15, 0.2) is 55.0 Å². The maximum atomic E-state index is 4.57. The molecule has 7 nitrogen and oxygen atoms in total. The van der Waals surface area contributed by atoms with E-state index in [1.807, 2.05) is 36.4 Å². The summed E-state index contributed by atoms with van der Waals surface area (Å²) in [5, 5.41) is 8.32. The third-order valence-corrected chi connectivity index (χ3v) is 3.85. The van der Waals surface area contributed by atoms with Gasteiger partial charge in [0.2, 0.25) is 0 Å². The van der Waals surface area contributed by atoms with Gasteiger partial charge in [0.25, 0.3) is 0 Å². The highest BCUT2D eigenvalue weighted by molar-refractivity contribution is 5.94. The number of H-pyrrole nitrogens is 2. The summed E-state index contributed by atoms with van der Waals surface area (Å²) >= 11 is 0. The molecule has 2 N–H and O–H groups in total. The molecule has 5 heterocycles. The quantitative estimate of drug-likeness (QED) is 0.522. The summed E-state index contributed by atoms with van der Waals surface area (Å²) in [6.07, 6.45) is 5.25. The van der Waals surface area contributed by atoms with Crippen molar-refractivity contribution in [2.75, 3.05) is 0 Å². The normalized spacial score (nSPS) is 11.3. The lowest BCUT2D eigenvalue weighted by Crippen LogP contribution is -1.87. The summed E-state index contributed by atoms with van der Waals surface area (Å²) < 4.78 is 0. The lowest BCUT2D eigenvalue weighted by molar-refractivity contribution is 1.10. The highest BCUT2D eigenvalue weighted by Crippen LogP contribution is 2.27. The largest absolute Gasteiger partial charge is 0.321 e. The number of hydrogen-bond acceptors (Lipinski definition) is 5. The van der Waals surface area contributed by atoms with Crippen LogP contribution in [0.4, 0.5) is 0 Å². The minimum atomic E-state index is 0.674. The molecule has 5 aromatic rings. The van der Waals surface area contributed by atoms with E-state index in [1.165, 1.54) is 0 Å². The van der Waals surface area contributed by atoms with Crippen molar-refractivity contribution in [1.82, 2.24) is 35.1 Å². The topological polar surface area (TPSA) is 96.0 Å². The highest BCUT2D eigenvalue weighted by atomic mass is 15.1. The number of pyridine rings is 3. The van der Waals surface area contributed by atoms with E-state index in [2.05, 4.69) is 35.1 Å². The Morgan fingerprint density at radius 1 is 0.875 bits per heavy atom. The van der Waals surface area contributed by atoms with Crippen LogP contribution in [0.25, 0.3) is 45.0 Å². The molecule has 0 aliphatic rings. The summed E-state index contributed by atoms with van der Waals surface area (Å²) in [6.45, 7) is 0. The van der Waals surface area contributed by atoms with Crippen LogP contribution in [-0.4, -0.2) is 35.1 Å². The maximum Gasteiger partial charge on any atom is 0.160 e. The first-order valence-electron chi connectivity index (χ1n) is 7.45. The number of fused-ring (bicyclic) bond motifs is 2. The van der Waals surface area contributed by atoms with Crippen molar-refractivity contribution in [2.24, 2.45) is 0 Å². The van der Waals surface area contributed by atoms with Crippen LogP contribution in [0, 0.1) is 0 Å². The molecule has 0 spiro atoms. The first-order chi connectivity index (χ1) is 11.9. The van der Waals surface area contributed by atoms with E-state index in [0.717, 1.165) is 39.1 Å². The molecule has 0 aromatic carbocycles. The Morgan fingerprint density at radius 2 is 1.83 bits per heavy atom. The Hall–Kier alpha value is -3.61. The van der Waals surface area contributed by atoms with E-state index in [4.69, 9.17) is 0 Å². The van der Waals surface area contributed by atoms with Gasteiger partial charge >= 0.3 is 0 Å². The van der Waals surface area contributed by atoms with Crippen molar-refractivity contribution in [3.05, 3.63) is 55.0 Å². The van der Waals surface area contributed by atoms with Crippen LogP contribution in [0.1, 0.15) is 0 Å². The summed E-state index contributed by atoms with van der Waals surface area (Å²) in [4.78, 5) is 20.9.